The number of carbonyl (C=O) groups excluding carboxylic acids is 1. The zero-order chi connectivity index (χ0) is 15.2. The lowest BCUT2D eigenvalue weighted by molar-refractivity contribution is 0.0545. The van der Waals surface area contributed by atoms with Gasteiger partial charge in [-0.15, -0.1) is 0 Å². The highest BCUT2D eigenvalue weighted by molar-refractivity contribution is 7.99. The molecule has 0 radical (unpaired) electrons. The van der Waals surface area contributed by atoms with Crippen LogP contribution in [0.1, 0.15) is 46.5 Å². The summed E-state index contributed by atoms with van der Waals surface area (Å²) in [5, 5.41) is 6.91. The molecular formula is C16H30N2O2S. The summed E-state index contributed by atoms with van der Waals surface area (Å²) < 4.78 is 5.76. The molecule has 0 spiro atoms. The standard InChI is InChI=1S/C16H30N2O2S/c1-4-21-14-6-5-13(9-14)18-16(19)17-10-12-7-8-20-15(12)11(2)3/h11-15H,4-10H2,1-3H3,(H2,17,18,19)/t12-,13+,14-,15+/m0/s1. The van der Waals surface area contributed by atoms with Gasteiger partial charge in [-0.05, 0) is 37.4 Å². The van der Waals surface area contributed by atoms with Gasteiger partial charge < -0.3 is 15.4 Å². The van der Waals surface area contributed by atoms with E-state index in [-0.39, 0.29) is 6.03 Å². The zero-order valence-electron chi connectivity index (χ0n) is 13.6. The van der Waals surface area contributed by atoms with E-state index < -0.39 is 0 Å². The van der Waals surface area contributed by atoms with E-state index >= 15 is 0 Å². The van der Waals surface area contributed by atoms with Gasteiger partial charge in [-0.1, -0.05) is 20.8 Å². The Hall–Kier alpha value is -0.420. The number of nitrogens with one attached hydrogen (secondary N) is 2. The quantitative estimate of drug-likeness (QED) is 0.792. The number of amides is 2. The van der Waals surface area contributed by atoms with Crippen molar-refractivity contribution >= 4 is 17.8 Å². The maximum absolute atomic E-state index is 12.0. The van der Waals surface area contributed by atoms with Crippen LogP contribution in [0.4, 0.5) is 4.79 Å². The summed E-state index contributed by atoms with van der Waals surface area (Å²) in [4.78, 5) is 12.0. The number of hydrogen-bond donors (Lipinski definition) is 2. The first kappa shape index (κ1) is 16.9. The third-order valence-corrected chi connectivity index (χ3v) is 5.80. The second-order valence-electron chi connectivity index (χ2n) is 6.57. The van der Waals surface area contributed by atoms with E-state index in [1.54, 1.807) is 0 Å². The Morgan fingerprint density at radius 2 is 2.14 bits per heavy atom. The molecule has 2 amide bonds. The number of rotatable bonds is 6. The van der Waals surface area contributed by atoms with Crippen molar-refractivity contribution in [3.8, 4) is 0 Å². The molecule has 0 aromatic rings. The van der Waals surface area contributed by atoms with Crippen LogP contribution in [-0.2, 0) is 4.74 Å². The van der Waals surface area contributed by atoms with Gasteiger partial charge in [-0.2, -0.15) is 11.8 Å². The van der Waals surface area contributed by atoms with E-state index in [0.717, 1.165) is 37.7 Å². The Labute approximate surface area is 133 Å². The molecule has 4 atom stereocenters. The largest absolute Gasteiger partial charge is 0.378 e. The lowest BCUT2D eigenvalue weighted by Gasteiger charge is -2.22. The molecule has 2 N–H and O–H groups in total. The van der Waals surface area contributed by atoms with Crippen LogP contribution < -0.4 is 10.6 Å². The van der Waals surface area contributed by atoms with Crippen molar-refractivity contribution in [3.05, 3.63) is 0 Å². The summed E-state index contributed by atoms with van der Waals surface area (Å²) in [6.45, 7) is 8.14. The van der Waals surface area contributed by atoms with Crippen molar-refractivity contribution in [3.63, 3.8) is 0 Å². The SMILES string of the molecule is CCS[C@H]1CC[C@@H](NC(=O)NC[C@@H]2CCO[C@@H]2C(C)C)C1. The summed E-state index contributed by atoms with van der Waals surface area (Å²) in [6.07, 6.45) is 4.82. The predicted octanol–water partition coefficient (Wildman–Crippen LogP) is 3.02. The van der Waals surface area contributed by atoms with E-state index in [1.165, 1.54) is 12.2 Å². The molecule has 0 bridgehead atoms. The van der Waals surface area contributed by atoms with Gasteiger partial charge in [0.25, 0.3) is 0 Å². The first-order valence-electron chi connectivity index (χ1n) is 8.37. The van der Waals surface area contributed by atoms with Crippen LogP contribution in [0.2, 0.25) is 0 Å². The lowest BCUT2D eigenvalue weighted by atomic mass is 9.93. The number of thioether (sulfide) groups is 1. The molecule has 21 heavy (non-hydrogen) atoms. The van der Waals surface area contributed by atoms with Crippen LogP contribution in [0, 0.1) is 11.8 Å². The Morgan fingerprint density at radius 3 is 2.86 bits per heavy atom. The van der Waals surface area contributed by atoms with Crippen LogP contribution in [0.5, 0.6) is 0 Å². The van der Waals surface area contributed by atoms with E-state index in [2.05, 4.69) is 31.4 Å². The van der Waals surface area contributed by atoms with Crippen LogP contribution in [-0.4, -0.2) is 42.3 Å². The van der Waals surface area contributed by atoms with Crippen molar-refractivity contribution in [1.29, 1.82) is 0 Å². The molecule has 2 aliphatic rings. The first-order chi connectivity index (χ1) is 10.1. The highest BCUT2D eigenvalue weighted by atomic mass is 32.2. The van der Waals surface area contributed by atoms with Crippen LogP contribution >= 0.6 is 11.8 Å². The molecule has 122 valence electrons. The Morgan fingerprint density at radius 1 is 1.33 bits per heavy atom. The average molecular weight is 314 g/mol. The highest BCUT2D eigenvalue weighted by Gasteiger charge is 2.31. The third kappa shape index (κ3) is 5.06. The molecule has 1 aliphatic heterocycles. The summed E-state index contributed by atoms with van der Waals surface area (Å²) >= 11 is 2.02. The van der Waals surface area contributed by atoms with Crippen LogP contribution in [0.15, 0.2) is 0 Å². The van der Waals surface area contributed by atoms with Gasteiger partial charge in [0.15, 0.2) is 0 Å². The minimum Gasteiger partial charge on any atom is -0.378 e. The Kier molecular flexibility index (Phi) is 6.68. The number of ether oxygens (including phenoxy) is 1. The molecular weight excluding hydrogens is 284 g/mol. The minimum absolute atomic E-state index is 0.00319. The summed E-state index contributed by atoms with van der Waals surface area (Å²) in [6, 6.07) is 0.353. The van der Waals surface area contributed by atoms with Gasteiger partial charge in [0.1, 0.15) is 0 Å². The zero-order valence-corrected chi connectivity index (χ0v) is 14.4. The second-order valence-corrected chi connectivity index (χ2v) is 8.15. The molecule has 1 saturated carbocycles. The van der Waals surface area contributed by atoms with Gasteiger partial charge in [-0.25, -0.2) is 4.79 Å². The molecule has 1 aliphatic carbocycles. The lowest BCUT2D eigenvalue weighted by Crippen LogP contribution is -2.44. The summed E-state index contributed by atoms with van der Waals surface area (Å²) in [7, 11) is 0. The molecule has 2 fully saturated rings. The van der Waals surface area contributed by atoms with E-state index in [9.17, 15) is 4.79 Å². The Bertz CT molecular complexity index is 338. The van der Waals surface area contributed by atoms with Gasteiger partial charge in [0, 0.05) is 30.4 Å². The molecule has 0 aromatic heterocycles. The van der Waals surface area contributed by atoms with Crippen molar-refractivity contribution in [1.82, 2.24) is 10.6 Å². The predicted molar refractivity (Wildman–Crippen MR) is 88.8 cm³/mol. The average Bonchev–Trinajstić information content (AvgIpc) is 3.06. The van der Waals surface area contributed by atoms with Crippen molar-refractivity contribution in [2.45, 2.75) is 63.9 Å². The fraction of sp³-hybridized carbons (Fsp3) is 0.938. The van der Waals surface area contributed by atoms with Crippen LogP contribution in [0.25, 0.3) is 0 Å². The minimum atomic E-state index is -0.00319. The molecule has 2 rings (SSSR count). The molecule has 0 aromatic carbocycles. The topological polar surface area (TPSA) is 50.4 Å². The fourth-order valence-electron chi connectivity index (χ4n) is 3.53. The van der Waals surface area contributed by atoms with Gasteiger partial charge in [0.2, 0.25) is 0 Å². The number of hydrogen-bond acceptors (Lipinski definition) is 3. The number of urea groups is 1. The maximum atomic E-state index is 12.0. The molecule has 5 heteroatoms. The molecule has 4 nitrogen and oxygen atoms in total. The smallest absolute Gasteiger partial charge is 0.315 e. The van der Waals surface area contributed by atoms with Crippen LogP contribution in [0.3, 0.4) is 0 Å². The van der Waals surface area contributed by atoms with Crippen molar-refractivity contribution in [2.24, 2.45) is 11.8 Å². The van der Waals surface area contributed by atoms with Crippen molar-refractivity contribution in [2.75, 3.05) is 18.9 Å². The second kappa shape index (κ2) is 8.28. The summed E-state index contributed by atoms with van der Waals surface area (Å²) in [5.74, 6) is 2.15. The first-order valence-corrected chi connectivity index (χ1v) is 9.42. The molecule has 1 saturated heterocycles. The van der Waals surface area contributed by atoms with Gasteiger partial charge in [-0.3, -0.25) is 0 Å². The molecule has 0 unspecified atom stereocenters. The molecule has 1 heterocycles. The number of carbonyl (C=O) groups is 1. The fourth-order valence-corrected chi connectivity index (χ4v) is 4.67. The van der Waals surface area contributed by atoms with E-state index in [0.29, 0.717) is 24.0 Å². The maximum Gasteiger partial charge on any atom is 0.315 e. The van der Waals surface area contributed by atoms with E-state index in [1.807, 2.05) is 11.8 Å². The van der Waals surface area contributed by atoms with E-state index in [4.69, 9.17) is 4.74 Å². The van der Waals surface area contributed by atoms with Crippen molar-refractivity contribution < 1.29 is 9.53 Å². The highest BCUT2D eigenvalue weighted by Crippen LogP contribution is 2.29. The Balaban J connectivity index is 1.66. The van der Waals surface area contributed by atoms with Gasteiger partial charge >= 0.3 is 6.03 Å². The third-order valence-electron chi connectivity index (χ3n) is 4.57. The normalized spacial score (nSPS) is 32.6. The van der Waals surface area contributed by atoms with Gasteiger partial charge in [0.05, 0.1) is 6.10 Å². The monoisotopic (exact) mass is 314 g/mol. The summed E-state index contributed by atoms with van der Waals surface area (Å²) in [5.41, 5.74) is 0.